The third-order valence-corrected chi connectivity index (χ3v) is 3.62. The molecule has 4 nitrogen and oxygen atoms in total. The minimum Gasteiger partial charge on any atom is -0.508 e. The number of aromatic hydroxyl groups is 1. The molecule has 0 unspecified atom stereocenters. The maximum atomic E-state index is 9.43. The number of aliphatic hydroxyl groups is 1. The Morgan fingerprint density at radius 3 is 2.79 bits per heavy atom. The number of benzene rings is 1. The van der Waals surface area contributed by atoms with Crippen LogP contribution in [0.15, 0.2) is 24.3 Å². The molecule has 1 saturated heterocycles. The maximum absolute atomic E-state index is 9.43. The molecular weight excluding hydrogens is 240 g/mol. The third kappa shape index (κ3) is 5.19. The molecule has 3 N–H and O–H groups in total. The van der Waals surface area contributed by atoms with Gasteiger partial charge in [0, 0.05) is 19.6 Å². The van der Waals surface area contributed by atoms with E-state index in [1.165, 1.54) is 0 Å². The highest BCUT2D eigenvalue weighted by Crippen LogP contribution is 2.11. The summed E-state index contributed by atoms with van der Waals surface area (Å²) in [7, 11) is 0. The van der Waals surface area contributed by atoms with Crippen LogP contribution in [0.4, 0.5) is 0 Å². The van der Waals surface area contributed by atoms with E-state index in [9.17, 15) is 10.2 Å². The zero-order valence-electron chi connectivity index (χ0n) is 11.4. The quantitative estimate of drug-likeness (QED) is 0.679. The van der Waals surface area contributed by atoms with Gasteiger partial charge in [0.05, 0.1) is 6.10 Å². The van der Waals surface area contributed by atoms with Crippen LogP contribution in [-0.4, -0.2) is 47.4 Å². The Hall–Kier alpha value is -1.10. The van der Waals surface area contributed by atoms with E-state index in [1.807, 2.05) is 12.1 Å². The fraction of sp³-hybridized carbons (Fsp3) is 0.600. The van der Waals surface area contributed by atoms with E-state index in [0.717, 1.165) is 57.5 Å². The van der Waals surface area contributed by atoms with Gasteiger partial charge in [-0.05, 0) is 50.0 Å². The molecule has 1 aliphatic rings. The Morgan fingerprint density at radius 1 is 1.26 bits per heavy atom. The largest absolute Gasteiger partial charge is 0.508 e. The van der Waals surface area contributed by atoms with Gasteiger partial charge in [-0.1, -0.05) is 12.1 Å². The lowest BCUT2D eigenvalue weighted by Gasteiger charge is -2.29. The molecule has 1 fully saturated rings. The Morgan fingerprint density at radius 2 is 2.05 bits per heavy atom. The number of phenolic OH excluding ortho intramolecular Hbond substituents is 1. The van der Waals surface area contributed by atoms with Crippen LogP contribution in [0.3, 0.4) is 0 Å². The third-order valence-electron chi connectivity index (χ3n) is 3.62. The molecule has 19 heavy (non-hydrogen) atoms. The van der Waals surface area contributed by atoms with Crippen molar-refractivity contribution >= 4 is 0 Å². The molecule has 0 aliphatic carbocycles. The number of nitrogens with one attached hydrogen (secondary N) is 1. The van der Waals surface area contributed by atoms with E-state index in [2.05, 4.69) is 10.2 Å². The molecule has 0 saturated carbocycles. The highest BCUT2D eigenvalue weighted by atomic mass is 16.3. The van der Waals surface area contributed by atoms with Gasteiger partial charge in [-0.15, -0.1) is 0 Å². The molecule has 4 heteroatoms. The van der Waals surface area contributed by atoms with Crippen molar-refractivity contribution in [2.45, 2.75) is 31.9 Å². The van der Waals surface area contributed by atoms with Gasteiger partial charge in [0.2, 0.25) is 0 Å². The molecule has 0 bridgehead atoms. The molecule has 1 aromatic carbocycles. The second kappa shape index (κ2) is 7.48. The summed E-state index contributed by atoms with van der Waals surface area (Å²) in [6.45, 7) is 4.92. The Kier molecular flexibility index (Phi) is 5.63. The van der Waals surface area contributed by atoms with Crippen molar-refractivity contribution < 1.29 is 10.2 Å². The maximum Gasteiger partial charge on any atom is 0.115 e. The first kappa shape index (κ1) is 14.3. The second-order valence-electron chi connectivity index (χ2n) is 5.27. The molecule has 1 heterocycles. The average Bonchev–Trinajstić information content (AvgIpc) is 2.41. The minimum atomic E-state index is -0.0832. The van der Waals surface area contributed by atoms with E-state index in [4.69, 9.17) is 0 Å². The number of piperidine rings is 1. The van der Waals surface area contributed by atoms with Crippen LogP contribution in [0.5, 0.6) is 5.75 Å². The van der Waals surface area contributed by atoms with E-state index < -0.39 is 0 Å². The predicted octanol–water partition coefficient (Wildman–Crippen LogP) is 1.33. The Balaban J connectivity index is 1.55. The zero-order chi connectivity index (χ0) is 13.5. The molecule has 0 spiro atoms. The molecule has 0 atom stereocenters. The Labute approximate surface area is 115 Å². The van der Waals surface area contributed by atoms with Crippen LogP contribution >= 0.6 is 0 Å². The summed E-state index contributed by atoms with van der Waals surface area (Å²) >= 11 is 0. The molecule has 0 aromatic heterocycles. The van der Waals surface area contributed by atoms with E-state index in [0.29, 0.717) is 5.75 Å². The van der Waals surface area contributed by atoms with Crippen LogP contribution in [-0.2, 0) is 6.54 Å². The summed E-state index contributed by atoms with van der Waals surface area (Å²) in [5.74, 6) is 0.325. The lowest BCUT2D eigenvalue weighted by molar-refractivity contribution is 0.0821. The van der Waals surface area contributed by atoms with Crippen LogP contribution < -0.4 is 5.32 Å². The summed E-state index contributed by atoms with van der Waals surface area (Å²) in [5.41, 5.74) is 1.11. The summed E-state index contributed by atoms with van der Waals surface area (Å²) in [6, 6.07) is 7.36. The van der Waals surface area contributed by atoms with Crippen LogP contribution in [0.1, 0.15) is 24.8 Å². The zero-order valence-corrected chi connectivity index (χ0v) is 11.4. The van der Waals surface area contributed by atoms with Gasteiger partial charge in [-0.2, -0.15) is 0 Å². The van der Waals surface area contributed by atoms with Crippen molar-refractivity contribution in [3.8, 4) is 5.75 Å². The molecule has 0 amide bonds. The summed E-state index contributed by atoms with van der Waals surface area (Å²) in [4.78, 5) is 2.42. The fourth-order valence-corrected chi connectivity index (χ4v) is 2.47. The number of rotatable bonds is 6. The van der Waals surface area contributed by atoms with Gasteiger partial charge in [-0.25, -0.2) is 0 Å². The topological polar surface area (TPSA) is 55.7 Å². The van der Waals surface area contributed by atoms with Gasteiger partial charge >= 0.3 is 0 Å². The summed E-state index contributed by atoms with van der Waals surface area (Å²) < 4.78 is 0. The van der Waals surface area contributed by atoms with Gasteiger partial charge in [0.25, 0.3) is 0 Å². The first-order valence-corrected chi connectivity index (χ1v) is 7.13. The fourth-order valence-electron chi connectivity index (χ4n) is 2.47. The molecule has 1 aliphatic heterocycles. The number of likely N-dealkylation sites (tertiary alicyclic amines) is 1. The van der Waals surface area contributed by atoms with Gasteiger partial charge in [-0.3, -0.25) is 0 Å². The highest BCUT2D eigenvalue weighted by Gasteiger charge is 2.15. The van der Waals surface area contributed by atoms with E-state index in [1.54, 1.807) is 12.1 Å². The first-order chi connectivity index (χ1) is 9.24. The van der Waals surface area contributed by atoms with Crippen molar-refractivity contribution in [1.29, 1.82) is 0 Å². The summed E-state index contributed by atoms with van der Waals surface area (Å²) in [5, 5.41) is 22.2. The van der Waals surface area contributed by atoms with Gasteiger partial charge in [0.15, 0.2) is 0 Å². The van der Waals surface area contributed by atoms with E-state index in [-0.39, 0.29) is 6.10 Å². The standard InChI is InChI=1S/C15H24N2O2/c18-14-5-9-17(10-6-14)8-2-7-16-12-13-3-1-4-15(19)11-13/h1,3-4,11,14,16,18-19H,2,5-10,12H2. The SMILES string of the molecule is Oc1cccc(CNCCCN2CCC(O)CC2)c1. The predicted molar refractivity (Wildman–Crippen MR) is 76.1 cm³/mol. The van der Waals surface area contributed by atoms with Gasteiger partial charge < -0.3 is 20.4 Å². The number of phenols is 1. The molecule has 2 rings (SSSR count). The van der Waals surface area contributed by atoms with Crippen LogP contribution in [0, 0.1) is 0 Å². The van der Waals surface area contributed by atoms with Crippen molar-refractivity contribution in [2.24, 2.45) is 0 Å². The molecule has 1 aromatic rings. The highest BCUT2D eigenvalue weighted by molar-refractivity contribution is 5.26. The summed E-state index contributed by atoms with van der Waals surface area (Å²) in [6.07, 6.45) is 2.86. The first-order valence-electron chi connectivity index (χ1n) is 7.13. The van der Waals surface area contributed by atoms with Crippen molar-refractivity contribution in [2.75, 3.05) is 26.2 Å². The number of hydrogen-bond acceptors (Lipinski definition) is 4. The monoisotopic (exact) mass is 264 g/mol. The van der Waals surface area contributed by atoms with Gasteiger partial charge in [0.1, 0.15) is 5.75 Å². The molecule has 106 valence electrons. The number of nitrogens with zero attached hydrogens (tertiary/aromatic N) is 1. The van der Waals surface area contributed by atoms with Crippen LogP contribution in [0.2, 0.25) is 0 Å². The second-order valence-corrected chi connectivity index (χ2v) is 5.27. The Bertz CT molecular complexity index is 376. The van der Waals surface area contributed by atoms with Crippen molar-refractivity contribution in [3.63, 3.8) is 0 Å². The minimum absolute atomic E-state index is 0.0832. The van der Waals surface area contributed by atoms with E-state index >= 15 is 0 Å². The van der Waals surface area contributed by atoms with Crippen molar-refractivity contribution in [3.05, 3.63) is 29.8 Å². The number of hydrogen-bond donors (Lipinski definition) is 3. The molecular formula is C15H24N2O2. The number of aliphatic hydroxyl groups excluding tert-OH is 1. The smallest absolute Gasteiger partial charge is 0.115 e. The van der Waals surface area contributed by atoms with Crippen molar-refractivity contribution in [1.82, 2.24) is 10.2 Å². The molecule has 0 radical (unpaired) electrons. The lowest BCUT2D eigenvalue weighted by Crippen LogP contribution is -2.37. The van der Waals surface area contributed by atoms with Crippen LogP contribution in [0.25, 0.3) is 0 Å². The normalized spacial score (nSPS) is 17.7. The lowest BCUT2D eigenvalue weighted by atomic mass is 10.1. The average molecular weight is 264 g/mol.